The number of carbonyl (C=O) groups is 6. The molecule has 6 atom stereocenters. The second-order valence-corrected chi connectivity index (χ2v) is 16.0. The highest BCUT2D eigenvalue weighted by Crippen LogP contribution is 2.26. The topological polar surface area (TPSA) is 192 Å². The number of amides is 2. The molecule has 0 aliphatic carbocycles. The fourth-order valence-electron chi connectivity index (χ4n) is 8.13. The molecule has 2 heterocycles. The molecule has 348 valence electrons. The van der Waals surface area contributed by atoms with E-state index in [4.69, 9.17) is 9.47 Å². The molecule has 0 spiro atoms. The van der Waals surface area contributed by atoms with Gasteiger partial charge in [-0.1, -0.05) is 109 Å². The predicted molar refractivity (Wildman–Crippen MR) is 247 cm³/mol. The molecule has 0 fully saturated rings. The summed E-state index contributed by atoms with van der Waals surface area (Å²) in [6, 6.07) is 30.0. The third kappa shape index (κ3) is 14.5. The number of aliphatic carboxylic acids is 2. The number of benzene rings is 4. The first-order chi connectivity index (χ1) is 30.8. The van der Waals surface area contributed by atoms with Gasteiger partial charge in [-0.15, -0.1) is 12.4 Å². The van der Waals surface area contributed by atoms with Gasteiger partial charge in [0, 0.05) is 25.9 Å². The fourth-order valence-corrected chi connectivity index (χ4v) is 8.13. The van der Waals surface area contributed by atoms with Gasteiger partial charge in [-0.25, -0.2) is 9.59 Å². The van der Waals surface area contributed by atoms with Crippen LogP contribution in [0.4, 0.5) is 0 Å². The van der Waals surface area contributed by atoms with Crippen LogP contribution in [0.25, 0.3) is 0 Å². The molecule has 6 rings (SSSR count). The quantitative estimate of drug-likeness (QED) is 0.0912. The van der Waals surface area contributed by atoms with E-state index in [1.807, 2.05) is 109 Å². The van der Waals surface area contributed by atoms with Crippen LogP contribution in [0, 0.1) is 0 Å². The highest BCUT2D eigenvalue weighted by Gasteiger charge is 2.39. The van der Waals surface area contributed by atoms with Crippen molar-refractivity contribution in [1.29, 1.82) is 0 Å². The second kappa shape index (κ2) is 25.4. The van der Waals surface area contributed by atoms with Crippen LogP contribution < -0.4 is 10.6 Å². The van der Waals surface area contributed by atoms with Gasteiger partial charge in [0.2, 0.25) is 11.8 Å². The van der Waals surface area contributed by atoms with Crippen molar-refractivity contribution in [3.63, 3.8) is 0 Å². The number of aryl methyl sites for hydroxylation is 2. The number of carbonyl (C=O) groups excluding carboxylic acids is 4. The second-order valence-electron chi connectivity index (χ2n) is 16.0. The summed E-state index contributed by atoms with van der Waals surface area (Å²) in [5.74, 6) is -3.59. The average Bonchev–Trinajstić information content (AvgIpc) is 3.31. The molecule has 2 aliphatic heterocycles. The molecule has 4 aromatic rings. The minimum Gasteiger partial charge on any atom is -0.480 e. The van der Waals surface area contributed by atoms with Gasteiger partial charge in [-0.2, -0.15) is 0 Å². The van der Waals surface area contributed by atoms with E-state index in [0.29, 0.717) is 25.7 Å². The summed E-state index contributed by atoms with van der Waals surface area (Å²) in [5.41, 5.74) is 5.93. The Kier molecular flexibility index (Phi) is 20.2. The Morgan fingerprint density at radius 2 is 0.877 bits per heavy atom. The first kappa shape index (κ1) is 51.5. The summed E-state index contributed by atoms with van der Waals surface area (Å²) in [6.45, 7) is 7.75. The van der Waals surface area contributed by atoms with E-state index < -0.39 is 60.1 Å². The Balaban J connectivity index is 0.000000280. The van der Waals surface area contributed by atoms with Gasteiger partial charge < -0.3 is 29.5 Å². The molecule has 4 aromatic carbocycles. The third-order valence-electron chi connectivity index (χ3n) is 11.5. The maximum atomic E-state index is 13.3. The number of fused-ring (bicyclic) bond motifs is 2. The summed E-state index contributed by atoms with van der Waals surface area (Å²) in [5, 5.41) is 25.6. The Labute approximate surface area is 387 Å². The third-order valence-corrected chi connectivity index (χ3v) is 11.5. The lowest BCUT2D eigenvalue weighted by atomic mass is 9.93. The molecule has 65 heavy (non-hydrogen) atoms. The smallest absolute Gasteiger partial charge is 0.326 e. The summed E-state index contributed by atoms with van der Waals surface area (Å²) >= 11 is 0. The number of nitrogens with zero attached hydrogens (tertiary/aromatic N) is 2. The molecule has 14 nitrogen and oxygen atoms in total. The summed E-state index contributed by atoms with van der Waals surface area (Å²) in [6.07, 6.45) is 2.75. The molecule has 2 aliphatic rings. The lowest BCUT2D eigenvalue weighted by Gasteiger charge is -2.36. The number of rotatable bonds is 18. The highest BCUT2D eigenvalue weighted by atomic mass is 35.5. The van der Waals surface area contributed by atoms with Crippen molar-refractivity contribution in [2.75, 3.05) is 13.2 Å². The Morgan fingerprint density at radius 3 is 1.20 bits per heavy atom. The number of nitrogens with one attached hydrogen (secondary N) is 2. The van der Waals surface area contributed by atoms with E-state index in [2.05, 4.69) is 10.6 Å². The number of hydrogen-bond acceptors (Lipinski definition) is 10. The van der Waals surface area contributed by atoms with Gasteiger partial charge in [0.1, 0.15) is 24.2 Å². The molecule has 2 amide bonds. The van der Waals surface area contributed by atoms with Crippen molar-refractivity contribution >= 4 is 48.1 Å². The highest BCUT2D eigenvalue weighted by molar-refractivity contribution is 5.89. The van der Waals surface area contributed by atoms with E-state index in [1.165, 1.54) is 9.80 Å². The number of ether oxygens (including phenoxy) is 2. The molecule has 15 heteroatoms. The molecule has 4 N–H and O–H groups in total. The Bertz CT molecular complexity index is 2060. The predicted octanol–water partition coefficient (Wildman–Crippen LogP) is 5.56. The van der Waals surface area contributed by atoms with E-state index in [1.54, 1.807) is 27.7 Å². The zero-order valence-corrected chi connectivity index (χ0v) is 38.2. The molecule has 0 saturated carbocycles. The molecule has 0 saturated heterocycles. The normalized spacial score (nSPS) is 16.9. The first-order valence-corrected chi connectivity index (χ1v) is 21.9. The van der Waals surface area contributed by atoms with E-state index in [9.17, 15) is 39.0 Å². The number of esters is 2. The average molecular weight is 914 g/mol. The molecular weight excluding hydrogens is 852 g/mol. The van der Waals surface area contributed by atoms with Crippen molar-refractivity contribution in [2.45, 2.75) is 116 Å². The molecule has 0 unspecified atom stereocenters. The van der Waals surface area contributed by atoms with Crippen LogP contribution in [0.1, 0.15) is 73.9 Å². The van der Waals surface area contributed by atoms with Crippen molar-refractivity contribution in [1.82, 2.24) is 20.4 Å². The van der Waals surface area contributed by atoms with Gasteiger partial charge in [0.05, 0.1) is 25.3 Å². The van der Waals surface area contributed by atoms with Crippen molar-refractivity contribution in [3.8, 4) is 0 Å². The van der Waals surface area contributed by atoms with Crippen molar-refractivity contribution in [2.24, 2.45) is 0 Å². The lowest BCUT2D eigenvalue weighted by Crippen LogP contribution is -2.56. The lowest BCUT2D eigenvalue weighted by molar-refractivity contribution is -0.153. The minimum absolute atomic E-state index is 0. The van der Waals surface area contributed by atoms with Gasteiger partial charge in [0.15, 0.2) is 0 Å². The summed E-state index contributed by atoms with van der Waals surface area (Å²) < 4.78 is 10.4. The van der Waals surface area contributed by atoms with E-state index >= 15 is 0 Å². The van der Waals surface area contributed by atoms with Gasteiger partial charge >= 0.3 is 23.9 Å². The van der Waals surface area contributed by atoms with Crippen LogP contribution >= 0.6 is 12.4 Å². The Morgan fingerprint density at radius 1 is 0.554 bits per heavy atom. The SMILES string of the molecule is CCOC(=O)[C@H](CCc1ccccc1)N[C@@H](C)C(=O)N1Cc2ccccc2C[C@H]1C(=O)O.CCOC(=O)[C@H](CCc1ccccc1)N[C@@H](C)C(=O)N1Cc2ccccc2C[C@H]1C(=O)O.Cl. The molecular formula is C50H61ClN4O10. The van der Waals surface area contributed by atoms with Crippen LogP contribution in [0.15, 0.2) is 109 Å². The number of hydrogen-bond donors (Lipinski definition) is 4. The molecule has 0 aromatic heterocycles. The van der Waals surface area contributed by atoms with Crippen LogP contribution in [0.5, 0.6) is 0 Å². The van der Waals surface area contributed by atoms with Gasteiger partial charge in [0.25, 0.3) is 0 Å². The van der Waals surface area contributed by atoms with Crippen LogP contribution in [0.2, 0.25) is 0 Å². The number of halogens is 1. The van der Waals surface area contributed by atoms with Crippen LogP contribution in [0.3, 0.4) is 0 Å². The maximum absolute atomic E-state index is 13.3. The van der Waals surface area contributed by atoms with Crippen molar-refractivity contribution in [3.05, 3.63) is 143 Å². The fraction of sp³-hybridized carbons (Fsp3) is 0.400. The monoisotopic (exact) mass is 912 g/mol. The molecule has 0 bridgehead atoms. The first-order valence-electron chi connectivity index (χ1n) is 21.9. The standard InChI is InChI=1S/2C25H30N2O5.ClH/c2*1-3-32-25(31)21(14-13-18-9-5-4-6-10-18)26-17(2)23(28)27-16-20-12-8-7-11-19(20)15-22(27)24(29)30;/h2*4-12,17,21-22,26H,3,13-16H2,1-2H3,(H,29,30);1H/t2*17-,21-,22-;/m00./s1. The summed E-state index contributed by atoms with van der Waals surface area (Å²) in [7, 11) is 0. The zero-order valence-electron chi connectivity index (χ0n) is 37.4. The van der Waals surface area contributed by atoms with Gasteiger partial charge in [-0.05, 0) is 86.8 Å². The zero-order chi connectivity index (χ0) is 46.2. The van der Waals surface area contributed by atoms with Gasteiger partial charge in [-0.3, -0.25) is 29.8 Å². The maximum Gasteiger partial charge on any atom is 0.326 e. The summed E-state index contributed by atoms with van der Waals surface area (Å²) in [4.78, 5) is 78.1. The molecule has 0 radical (unpaired) electrons. The van der Waals surface area contributed by atoms with Crippen molar-refractivity contribution < 1.29 is 48.5 Å². The Hall–Kier alpha value is -6.09. The van der Waals surface area contributed by atoms with E-state index in [0.717, 1.165) is 33.4 Å². The number of carboxylic acid groups (broad SMARTS) is 2. The van der Waals surface area contributed by atoms with E-state index in [-0.39, 0.29) is 63.4 Å². The largest absolute Gasteiger partial charge is 0.480 e. The minimum atomic E-state index is -1.04. The van der Waals surface area contributed by atoms with Crippen LogP contribution in [-0.4, -0.2) is 105 Å². The number of carboxylic acids is 2. The van der Waals surface area contributed by atoms with Crippen LogP contribution in [-0.2, 0) is 77.0 Å².